The van der Waals surface area contributed by atoms with Gasteiger partial charge in [-0.25, -0.2) is 4.39 Å². The van der Waals surface area contributed by atoms with Crippen LogP contribution < -0.4 is 5.32 Å². The molecule has 3 heteroatoms. The van der Waals surface area contributed by atoms with Crippen molar-refractivity contribution in [1.29, 1.82) is 0 Å². The molecule has 0 bridgehead atoms. The molecule has 0 aliphatic carbocycles. The van der Waals surface area contributed by atoms with Crippen LogP contribution in [0.2, 0.25) is 0 Å². The van der Waals surface area contributed by atoms with Gasteiger partial charge in [-0.05, 0) is 65.8 Å². The van der Waals surface area contributed by atoms with E-state index in [1.54, 1.807) is 0 Å². The van der Waals surface area contributed by atoms with E-state index in [-0.39, 0.29) is 5.82 Å². The van der Waals surface area contributed by atoms with Gasteiger partial charge in [0.15, 0.2) is 0 Å². The standard InChI is InChI=1S/C15H15FIN/c1-11(10-12-6-8-13(16)9-7-12)18-15-5-3-2-4-14(15)17/h2-9,11,18H,10H2,1H3. The summed E-state index contributed by atoms with van der Waals surface area (Å²) in [6.07, 6.45) is 0.880. The third kappa shape index (κ3) is 3.70. The van der Waals surface area contributed by atoms with E-state index in [9.17, 15) is 4.39 Å². The van der Waals surface area contributed by atoms with Gasteiger partial charge in [0.05, 0.1) is 0 Å². The van der Waals surface area contributed by atoms with E-state index >= 15 is 0 Å². The molecule has 0 saturated carbocycles. The van der Waals surface area contributed by atoms with E-state index in [0.29, 0.717) is 6.04 Å². The molecule has 0 heterocycles. The third-order valence-electron chi connectivity index (χ3n) is 2.73. The van der Waals surface area contributed by atoms with Crippen LogP contribution in [0.3, 0.4) is 0 Å². The van der Waals surface area contributed by atoms with Gasteiger partial charge in [-0.2, -0.15) is 0 Å². The molecule has 0 saturated heterocycles. The summed E-state index contributed by atoms with van der Waals surface area (Å²) in [5, 5.41) is 3.47. The van der Waals surface area contributed by atoms with Crippen molar-refractivity contribution in [1.82, 2.24) is 0 Å². The van der Waals surface area contributed by atoms with Crippen molar-refractivity contribution in [2.24, 2.45) is 0 Å². The lowest BCUT2D eigenvalue weighted by molar-refractivity contribution is 0.626. The minimum Gasteiger partial charge on any atom is -0.381 e. The monoisotopic (exact) mass is 355 g/mol. The number of halogens is 2. The van der Waals surface area contributed by atoms with E-state index in [4.69, 9.17) is 0 Å². The van der Waals surface area contributed by atoms with Crippen molar-refractivity contribution < 1.29 is 4.39 Å². The molecule has 0 spiro atoms. The fraction of sp³-hybridized carbons (Fsp3) is 0.200. The molecular formula is C15H15FIN. The second-order valence-corrected chi connectivity index (χ2v) is 5.52. The summed E-state index contributed by atoms with van der Waals surface area (Å²) < 4.78 is 14.0. The maximum Gasteiger partial charge on any atom is 0.123 e. The van der Waals surface area contributed by atoms with Crippen LogP contribution in [0.15, 0.2) is 48.5 Å². The lowest BCUT2D eigenvalue weighted by atomic mass is 10.1. The number of nitrogens with one attached hydrogen (secondary N) is 1. The van der Waals surface area contributed by atoms with Crippen molar-refractivity contribution in [3.8, 4) is 0 Å². The Morgan fingerprint density at radius 3 is 2.44 bits per heavy atom. The Bertz CT molecular complexity index is 510. The van der Waals surface area contributed by atoms with E-state index < -0.39 is 0 Å². The molecule has 1 atom stereocenters. The zero-order chi connectivity index (χ0) is 13.0. The SMILES string of the molecule is CC(Cc1ccc(F)cc1)Nc1ccccc1I. The lowest BCUT2D eigenvalue weighted by Crippen LogP contribution is -2.18. The Morgan fingerprint density at radius 1 is 1.11 bits per heavy atom. The minimum absolute atomic E-state index is 0.183. The molecule has 0 aromatic heterocycles. The summed E-state index contributed by atoms with van der Waals surface area (Å²) in [5.41, 5.74) is 2.29. The lowest BCUT2D eigenvalue weighted by Gasteiger charge is -2.16. The van der Waals surface area contributed by atoms with Crippen molar-refractivity contribution in [3.05, 3.63) is 63.5 Å². The van der Waals surface area contributed by atoms with Gasteiger partial charge in [-0.3, -0.25) is 0 Å². The molecule has 0 aliphatic heterocycles. The van der Waals surface area contributed by atoms with Crippen LogP contribution in [-0.4, -0.2) is 6.04 Å². The Labute approximate surface area is 121 Å². The van der Waals surface area contributed by atoms with Gasteiger partial charge in [-0.15, -0.1) is 0 Å². The molecule has 2 aromatic rings. The highest BCUT2D eigenvalue weighted by Crippen LogP contribution is 2.18. The zero-order valence-electron chi connectivity index (χ0n) is 10.2. The predicted molar refractivity (Wildman–Crippen MR) is 82.3 cm³/mol. The van der Waals surface area contributed by atoms with Gasteiger partial charge in [0.1, 0.15) is 5.82 Å². The highest BCUT2D eigenvalue weighted by atomic mass is 127. The first-order chi connectivity index (χ1) is 8.65. The van der Waals surface area contributed by atoms with Gasteiger partial charge in [0.2, 0.25) is 0 Å². The molecule has 0 radical (unpaired) electrons. The van der Waals surface area contributed by atoms with Gasteiger partial charge in [0.25, 0.3) is 0 Å². The molecule has 1 N–H and O–H groups in total. The Hall–Kier alpha value is -1.10. The Morgan fingerprint density at radius 2 is 1.78 bits per heavy atom. The minimum atomic E-state index is -0.183. The summed E-state index contributed by atoms with van der Waals surface area (Å²) in [6, 6.07) is 15.2. The molecule has 94 valence electrons. The quantitative estimate of drug-likeness (QED) is 0.798. The van der Waals surface area contributed by atoms with Crippen molar-refractivity contribution >= 4 is 28.3 Å². The highest BCUT2D eigenvalue weighted by molar-refractivity contribution is 14.1. The van der Waals surface area contributed by atoms with E-state index in [1.165, 1.54) is 15.7 Å². The normalized spacial score (nSPS) is 12.2. The molecule has 0 amide bonds. The number of anilines is 1. The van der Waals surface area contributed by atoms with Crippen LogP contribution in [0, 0.1) is 9.39 Å². The molecule has 0 fully saturated rings. The van der Waals surface area contributed by atoms with Crippen LogP contribution in [0.4, 0.5) is 10.1 Å². The number of benzene rings is 2. The molecule has 2 aromatic carbocycles. The zero-order valence-corrected chi connectivity index (χ0v) is 12.3. The number of hydrogen-bond acceptors (Lipinski definition) is 1. The Kier molecular flexibility index (Phi) is 4.58. The van der Waals surface area contributed by atoms with Crippen LogP contribution in [0.25, 0.3) is 0 Å². The molecule has 0 aliphatic rings. The van der Waals surface area contributed by atoms with Gasteiger partial charge in [0, 0.05) is 15.3 Å². The maximum absolute atomic E-state index is 12.8. The first-order valence-corrected chi connectivity index (χ1v) is 6.98. The molecule has 1 nitrogen and oxygen atoms in total. The van der Waals surface area contributed by atoms with Crippen LogP contribution in [0.1, 0.15) is 12.5 Å². The van der Waals surface area contributed by atoms with Gasteiger partial charge >= 0.3 is 0 Å². The fourth-order valence-corrected chi connectivity index (χ4v) is 2.41. The maximum atomic E-state index is 12.8. The van der Waals surface area contributed by atoms with Crippen LogP contribution in [-0.2, 0) is 6.42 Å². The molecular weight excluding hydrogens is 340 g/mol. The molecule has 2 rings (SSSR count). The van der Waals surface area contributed by atoms with Crippen molar-refractivity contribution in [2.45, 2.75) is 19.4 Å². The fourth-order valence-electron chi connectivity index (χ4n) is 1.87. The first kappa shape index (κ1) is 13.3. The average molecular weight is 355 g/mol. The number of hydrogen-bond donors (Lipinski definition) is 1. The van der Waals surface area contributed by atoms with Crippen molar-refractivity contribution in [2.75, 3.05) is 5.32 Å². The third-order valence-corrected chi connectivity index (χ3v) is 3.67. The number of rotatable bonds is 4. The summed E-state index contributed by atoms with van der Waals surface area (Å²) >= 11 is 2.32. The van der Waals surface area contributed by atoms with Crippen molar-refractivity contribution in [3.63, 3.8) is 0 Å². The van der Waals surface area contributed by atoms with Crippen LogP contribution in [0.5, 0.6) is 0 Å². The largest absolute Gasteiger partial charge is 0.381 e. The van der Waals surface area contributed by atoms with Gasteiger partial charge < -0.3 is 5.32 Å². The first-order valence-electron chi connectivity index (χ1n) is 5.90. The summed E-state index contributed by atoms with van der Waals surface area (Å²) in [6.45, 7) is 2.13. The smallest absolute Gasteiger partial charge is 0.123 e. The second kappa shape index (κ2) is 6.18. The number of para-hydroxylation sites is 1. The molecule has 1 unspecified atom stereocenters. The van der Waals surface area contributed by atoms with E-state index in [1.807, 2.05) is 24.3 Å². The summed E-state index contributed by atoms with van der Waals surface area (Å²) in [5.74, 6) is -0.183. The van der Waals surface area contributed by atoms with Crippen LogP contribution >= 0.6 is 22.6 Å². The van der Waals surface area contributed by atoms with E-state index in [0.717, 1.165) is 17.7 Å². The topological polar surface area (TPSA) is 12.0 Å². The highest BCUT2D eigenvalue weighted by Gasteiger charge is 2.05. The second-order valence-electron chi connectivity index (χ2n) is 4.36. The van der Waals surface area contributed by atoms with Gasteiger partial charge in [-0.1, -0.05) is 24.3 Å². The summed E-state index contributed by atoms with van der Waals surface area (Å²) in [7, 11) is 0. The Balaban J connectivity index is 1.99. The molecule has 18 heavy (non-hydrogen) atoms. The summed E-state index contributed by atoms with van der Waals surface area (Å²) in [4.78, 5) is 0. The van der Waals surface area contributed by atoms with E-state index in [2.05, 4.69) is 47.0 Å². The predicted octanol–water partition coefficient (Wildman–Crippen LogP) is 4.47. The average Bonchev–Trinajstić information content (AvgIpc) is 2.35.